The van der Waals surface area contributed by atoms with Gasteiger partial charge in [-0.05, 0) is 49.6 Å². The molecule has 3 heteroatoms. The van der Waals surface area contributed by atoms with Crippen LogP contribution in [0.2, 0.25) is 0 Å². The fourth-order valence-electron chi connectivity index (χ4n) is 2.61. The number of nitrogens with zero attached hydrogens (tertiary/aromatic N) is 1. The summed E-state index contributed by atoms with van der Waals surface area (Å²) in [4.78, 5) is 2.53. The Morgan fingerprint density at radius 3 is 2.61 bits per heavy atom. The second-order valence-corrected chi connectivity index (χ2v) is 5.92. The van der Waals surface area contributed by atoms with Crippen molar-refractivity contribution in [1.29, 1.82) is 0 Å². The van der Waals surface area contributed by atoms with E-state index in [-0.39, 0.29) is 0 Å². The van der Waals surface area contributed by atoms with Crippen LogP contribution < -0.4 is 5.32 Å². The summed E-state index contributed by atoms with van der Waals surface area (Å²) in [5, 5.41) is 3.72. The van der Waals surface area contributed by atoms with Crippen LogP contribution in [0.5, 0.6) is 0 Å². The molecule has 1 heterocycles. The topological polar surface area (TPSA) is 15.3 Å². The predicted molar refractivity (Wildman–Crippen MR) is 82.3 cm³/mol. The van der Waals surface area contributed by atoms with E-state index in [2.05, 4.69) is 58.2 Å². The lowest BCUT2D eigenvalue weighted by Gasteiger charge is -2.32. The van der Waals surface area contributed by atoms with Crippen molar-refractivity contribution in [2.24, 2.45) is 0 Å². The monoisotopic (exact) mass is 310 g/mol. The fourth-order valence-corrected chi connectivity index (χ4v) is 3.02. The highest BCUT2D eigenvalue weighted by Gasteiger charge is 2.18. The van der Waals surface area contributed by atoms with Gasteiger partial charge in [-0.2, -0.15) is 0 Å². The lowest BCUT2D eigenvalue weighted by atomic mass is 10.0. The first kappa shape index (κ1) is 13.9. The van der Waals surface area contributed by atoms with Gasteiger partial charge in [-0.25, -0.2) is 0 Å². The smallest absolute Gasteiger partial charge is 0.0375 e. The Balaban J connectivity index is 1.97. The molecule has 0 saturated carbocycles. The van der Waals surface area contributed by atoms with Crippen LogP contribution in [0.1, 0.15) is 32.3 Å². The molecule has 2 rings (SSSR count). The van der Waals surface area contributed by atoms with Crippen LogP contribution >= 0.6 is 15.9 Å². The van der Waals surface area contributed by atoms with Gasteiger partial charge in [0.05, 0.1) is 0 Å². The first-order valence-electron chi connectivity index (χ1n) is 7.00. The van der Waals surface area contributed by atoms with E-state index in [1.54, 1.807) is 0 Å². The highest BCUT2D eigenvalue weighted by molar-refractivity contribution is 9.10. The zero-order valence-electron chi connectivity index (χ0n) is 11.4. The number of likely N-dealkylation sites (tertiary alicyclic amines) is 1. The first-order valence-corrected chi connectivity index (χ1v) is 7.79. The normalized spacial score (nSPS) is 17.9. The van der Waals surface area contributed by atoms with Crippen LogP contribution in [0.25, 0.3) is 0 Å². The van der Waals surface area contributed by atoms with Gasteiger partial charge < -0.3 is 10.2 Å². The average molecular weight is 311 g/mol. The standard InChI is InChI=1S/C15H23BrN2/c1-3-12-11-13(16)5-6-15(12)17-14-7-9-18(4-2)10-8-14/h5-6,11,14,17H,3-4,7-10H2,1-2H3. The van der Waals surface area contributed by atoms with E-state index in [1.807, 2.05) is 0 Å². The summed E-state index contributed by atoms with van der Waals surface area (Å²) >= 11 is 3.55. The third kappa shape index (κ3) is 3.48. The zero-order chi connectivity index (χ0) is 13.0. The Morgan fingerprint density at radius 2 is 2.00 bits per heavy atom. The summed E-state index contributed by atoms with van der Waals surface area (Å²) in [5.41, 5.74) is 2.72. The lowest BCUT2D eigenvalue weighted by molar-refractivity contribution is 0.229. The van der Waals surface area contributed by atoms with Crippen molar-refractivity contribution in [2.45, 2.75) is 39.2 Å². The van der Waals surface area contributed by atoms with E-state index < -0.39 is 0 Å². The Morgan fingerprint density at radius 1 is 1.28 bits per heavy atom. The SMILES string of the molecule is CCc1cc(Br)ccc1NC1CCN(CC)CC1. The summed E-state index contributed by atoms with van der Waals surface area (Å²) in [5.74, 6) is 0. The minimum atomic E-state index is 0.638. The minimum Gasteiger partial charge on any atom is -0.382 e. The molecular weight excluding hydrogens is 288 g/mol. The molecule has 0 radical (unpaired) electrons. The van der Waals surface area contributed by atoms with Gasteiger partial charge in [-0.15, -0.1) is 0 Å². The number of rotatable bonds is 4. The number of hydrogen-bond acceptors (Lipinski definition) is 2. The minimum absolute atomic E-state index is 0.638. The molecule has 1 fully saturated rings. The number of nitrogens with one attached hydrogen (secondary N) is 1. The Labute approximate surface area is 119 Å². The van der Waals surface area contributed by atoms with Crippen LogP contribution in [0.3, 0.4) is 0 Å². The maximum Gasteiger partial charge on any atom is 0.0375 e. The molecule has 1 aromatic carbocycles. The molecule has 1 aliphatic heterocycles. The van der Waals surface area contributed by atoms with E-state index in [4.69, 9.17) is 0 Å². The molecule has 100 valence electrons. The van der Waals surface area contributed by atoms with Crippen LogP contribution in [0, 0.1) is 0 Å². The Bertz CT molecular complexity index is 384. The molecular formula is C15H23BrN2. The largest absolute Gasteiger partial charge is 0.382 e. The first-order chi connectivity index (χ1) is 8.72. The van der Waals surface area contributed by atoms with Gasteiger partial charge in [0.15, 0.2) is 0 Å². The molecule has 1 aromatic rings. The van der Waals surface area contributed by atoms with Crippen molar-refractivity contribution in [3.8, 4) is 0 Å². The van der Waals surface area contributed by atoms with E-state index in [0.717, 1.165) is 6.42 Å². The fraction of sp³-hybridized carbons (Fsp3) is 0.600. The van der Waals surface area contributed by atoms with Crippen LogP contribution in [0.15, 0.2) is 22.7 Å². The number of benzene rings is 1. The van der Waals surface area contributed by atoms with Gasteiger partial charge >= 0.3 is 0 Å². The Hall–Kier alpha value is -0.540. The number of hydrogen-bond donors (Lipinski definition) is 1. The van der Waals surface area contributed by atoms with Crippen molar-refractivity contribution < 1.29 is 0 Å². The molecule has 0 amide bonds. The molecule has 1 N–H and O–H groups in total. The second kappa shape index (κ2) is 6.58. The van der Waals surface area contributed by atoms with Crippen LogP contribution in [-0.2, 0) is 6.42 Å². The predicted octanol–water partition coefficient (Wildman–Crippen LogP) is 3.91. The van der Waals surface area contributed by atoms with Crippen molar-refractivity contribution >= 4 is 21.6 Å². The average Bonchev–Trinajstić information content (AvgIpc) is 2.41. The van der Waals surface area contributed by atoms with Gasteiger partial charge in [0.2, 0.25) is 0 Å². The molecule has 1 saturated heterocycles. The molecule has 2 nitrogen and oxygen atoms in total. The van der Waals surface area contributed by atoms with E-state index >= 15 is 0 Å². The summed E-state index contributed by atoms with van der Waals surface area (Å²) in [6.45, 7) is 8.10. The van der Waals surface area contributed by atoms with E-state index in [1.165, 1.54) is 48.2 Å². The number of piperidine rings is 1. The van der Waals surface area contributed by atoms with Crippen LogP contribution in [-0.4, -0.2) is 30.6 Å². The molecule has 0 bridgehead atoms. The zero-order valence-corrected chi connectivity index (χ0v) is 13.0. The summed E-state index contributed by atoms with van der Waals surface area (Å²) < 4.78 is 1.17. The highest BCUT2D eigenvalue weighted by atomic mass is 79.9. The number of aryl methyl sites for hydroxylation is 1. The van der Waals surface area contributed by atoms with E-state index in [9.17, 15) is 0 Å². The van der Waals surface area contributed by atoms with Crippen molar-refractivity contribution in [1.82, 2.24) is 4.90 Å². The molecule has 18 heavy (non-hydrogen) atoms. The summed E-state index contributed by atoms with van der Waals surface area (Å²) in [6, 6.07) is 7.20. The highest BCUT2D eigenvalue weighted by Crippen LogP contribution is 2.24. The number of halogens is 1. The molecule has 1 aliphatic rings. The van der Waals surface area contributed by atoms with Gasteiger partial charge in [-0.1, -0.05) is 29.8 Å². The van der Waals surface area contributed by atoms with Crippen molar-refractivity contribution in [3.05, 3.63) is 28.2 Å². The second-order valence-electron chi connectivity index (χ2n) is 5.01. The van der Waals surface area contributed by atoms with Gasteiger partial charge in [0, 0.05) is 29.3 Å². The van der Waals surface area contributed by atoms with E-state index in [0.29, 0.717) is 6.04 Å². The van der Waals surface area contributed by atoms with Gasteiger partial charge in [0.1, 0.15) is 0 Å². The third-order valence-electron chi connectivity index (χ3n) is 3.84. The quantitative estimate of drug-likeness (QED) is 0.907. The lowest BCUT2D eigenvalue weighted by Crippen LogP contribution is -2.38. The molecule has 0 aliphatic carbocycles. The van der Waals surface area contributed by atoms with Crippen LogP contribution in [0.4, 0.5) is 5.69 Å². The third-order valence-corrected chi connectivity index (χ3v) is 4.34. The molecule has 0 atom stereocenters. The summed E-state index contributed by atoms with van der Waals surface area (Å²) in [6.07, 6.45) is 3.59. The number of anilines is 1. The molecule has 0 spiro atoms. The molecule has 0 unspecified atom stereocenters. The maximum atomic E-state index is 3.72. The summed E-state index contributed by atoms with van der Waals surface area (Å²) in [7, 11) is 0. The van der Waals surface area contributed by atoms with Gasteiger partial charge in [0.25, 0.3) is 0 Å². The van der Waals surface area contributed by atoms with Gasteiger partial charge in [-0.3, -0.25) is 0 Å². The molecule has 0 aromatic heterocycles. The van der Waals surface area contributed by atoms with Crippen molar-refractivity contribution in [3.63, 3.8) is 0 Å². The Kier molecular flexibility index (Phi) is 5.07. The van der Waals surface area contributed by atoms with Crippen molar-refractivity contribution in [2.75, 3.05) is 25.0 Å². The maximum absolute atomic E-state index is 3.72.